The molecule has 0 spiro atoms. The molecular formula is C50H84N6O15. The van der Waals surface area contributed by atoms with Crippen LogP contribution in [0.4, 0.5) is 5.69 Å². The minimum atomic E-state index is -1.84. The van der Waals surface area contributed by atoms with Gasteiger partial charge in [0, 0.05) is 82.3 Å². The van der Waals surface area contributed by atoms with Crippen LogP contribution < -0.4 is 4.74 Å². The molecule has 0 aliphatic carbocycles. The van der Waals surface area contributed by atoms with E-state index in [2.05, 4.69) is 10.3 Å². The second-order valence-electron chi connectivity index (χ2n) is 21.4. The first kappa shape index (κ1) is 58.4. The molecule has 1 aromatic heterocycles. The van der Waals surface area contributed by atoms with Crippen LogP contribution in [0, 0.1) is 27.9 Å². The van der Waals surface area contributed by atoms with Crippen molar-refractivity contribution in [2.45, 2.75) is 205 Å². The molecule has 1 aromatic carbocycles. The van der Waals surface area contributed by atoms with Gasteiger partial charge < -0.3 is 68.5 Å². The number of aromatic nitrogens is 3. The molecular weight excluding hydrogens is 925 g/mol. The second kappa shape index (κ2) is 24.7. The molecule has 0 bridgehead atoms. The van der Waals surface area contributed by atoms with Crippen LogP contribution in [0.1, 0.15) is 107 Å². The number of hydrogen-bond donors (Lipinski definition) is 5. The number of benzene rings is 1. The number of aryl methyl sites for hydroxylation is 1. The molecule has 404 valence electrons. The Morgan fingerprint density at radius 3 is 2.30 bits per heavy atom. The molecule has 18 atom stereocenters. The monoisotopic (exact) mass is 1010 g/mol. The van der Waals surface area contributed by atoms with Gasteiger partial charge in [-0.15, -0.1) is 5.10 Å². The van der Waals surface area contributed by atoms with Gasteiger partial charge in [-0.2, -0.15) is 0 Å². The van der Waals surface area contributed by atoms with Crippen molar-refractivity contribution < 1.29 is 68.4 Å². The fraction of sp³-hybridized carbons (Fsp3) is 0.820. The van der Waals surface area contributed by atoms with Crippen LogP contribution in [0.2, 0.25) is 0 Å². The Morgan fingerprint density at radius 2 is 1.66 bits per heavy atom. The van der Waals surface area contributed by atoms with Gasteiger partial charge in [-0.1, -0.05) is 26.0 Å². The maximum Gasteiger partial charge on any atom is 0.311 e. The van der Waals surface area contributed by atoms with E-state index in [9.17, 15) is 40.4 Å². The van der Waals surface area contributed by atoms with Gasteiger partial charge in [-0.3, -0.25) is 19.6 Å². The number of cyclic esters (lactones) is 1. The highest BCUT2D eigenvalue weighted by Gasteiger charge is 2.53. The summed E-state index contributed by atoms with van der Waals surface area (Å²) in [5, 5.41) is 79.2. The lowest BCUT2D eigenvalue weighted by Crippen LogP contribution is -2.61. The van der Waals surface area contributed by atoms with E-state index < -0.39 is 107 Å². The molecule has 0 radical (unpaired) electrons. The highest BCUT2D eigenvalue weighted by Crippen LogP contribution is 2.40. The second-order valence-corrected chi connectivity index (χ2v) is 21.4. The maximum atomic E-state index is 14.5. The van der Waals surface area contributed by atoms with E-state index in [-0.39, 0.29) is 37.0 Å². The Labute approximate surface area is 419 Å². The molecule has 4 heterocycles. The van der Waals surface area contributed by atoms with E-state index in [1.807, 2.05) is 43.9 Å². The Kier molecular flexibility index (Phi) is 20.3. The molecule has 5 rings (SSSR count). The number of likely N-dealkylation sites (N-methyl/N-ethyl adjacent to an activating group) is 2. The average Bonchev–Trinajstić information content (AvgIpc) is 3.78. The molecule has 0 amide bonds. The summed E-state index contributed by atoms with van der Waals surface area (Å²) >= 11 is 0. The number of esters is 1. The molecule has 3 aliphatic heterocycles. The predicted octanol–water partition coefficient (Wildman–Crippen LogP) is 3.48. The number of aliphatic hydroxyl groups is 5. The number of rotatable bonds is 16. The van der Waals surface area contributed by atoms with E-state index in [0.717, 1.165) is 5.69 Å². The Bertz CT molecular complexity index is 1990. The minimum absolute atomic E-state index is 0.00559. The fourth-order valence-electron chi connectivity index (χ4n) is 10.8. The molecule has 3 saturated heterocycles. The first-order valence-electron chi connectivity index (χ1n) is 25.3. The standard InChI is InChI=1S/C50H84N6O15/c1-14-39-50(10,62)43(58)33(6)54(12)27-29(2)25-48(8,61)45(31(4)42(32(5)46(60)69-39)70-40-26-49(9,65-13)44(59)34(7)68-40)71-47-41(57)38(24-30(3)67-47)53(11)22-20-35-28-55(52-51-35)21-15-23-66-37-18-16-36(17-19-37)56(63)64/h16-19,28-34,38-45,47,57-59,61-62H,14-15,20-27H2,1-13H3/t29-,30-,31+,32-,33-,34+,38+,39-,40?,41-,42+,43-,44+,45-,47+,48-,49-,50-/m1/s1. The number of carbonyl (C=O) groups excluding carboxylic acids is 1. The van der Waals surface area contributed by atoms with Crippen LogP contribution in [-0.2, 0) is 46.2 Å². The molecule has 21 nitrogen and oxygen atoms in total. The molecule has 0 saturated carbocycles. The van der Waals surface area contributed by atoms with Crippen LogP contribution in [0.3, 0.4) is 0 Å². The molecule has 21 heteroatoms. The summed E-state index contributed by atoms with van der Waals surface area (Å²) in [7, 11) is 5.24. The number of nitro groups is 1. The Morgan fingerprint density at radius 1 is 0.986 bits per heavy atom. The average molecular weight is 1010 g/mol. The summed E-state index contributed by atoms with van der Waals surface area (Å²) in [6, 6.07) is 4.91. The number of nitro benzene ring substituents is 1. The first-order valence-corrected chi connectivity index (χ1v) is 25.3. The summed E-state index contributed by atoms with van der Waals surface area (Å²) in [6.07, 6.45) is -6.18. The minimum Gasteiger partial charge on any atom is -0.494 e. The summed E-state index contributed by atoms with van der Waals surface area (Å²) < 4.78 is 45.7. The molecule has 2 aromatic rings. The van der Waals surface area contributed by atoms with E-state index in [1.165, 1.54) is 26.2 Å². The number of hydrogen-bond acceptors (Lipinski definition) is 19. The number of ether oxygens (including phenoxy) is 7. The van der Waals surface area contributed by atoms with Gasteiger partial charge in [0.05, 0.1) is 58.8 Å². The lowest BCUT2D eigenvalue weighted by atomic mass is 9.77. The first-order chi connectivity index (χ1) is 33.2. The van der Waals surface area contributed by atoms with Crippen LogP contribution in [0.15, 0.2) is 30.5 Å². The highest BCUT2D eigenvalue weighted by atomic mass is 16.7. The third kappa shape index (κ3) is 14.4. The van der Waals surface area contributed by atoms with Crippen molar-refractivity contribution in [1.82, 2.24) is 24.8 Å². The summed E-state index contributed by atoms with van der Waals surface area (Å²) in [5.74, 6) is -2.28. The van der Waals surface area contributed by atoms with Crippen LogP contribution >= 0.6 is 0 Å². The summed E-state index contributed by atoms with van der Waals surface area (Å²) in [4.78, 5) is 28.9. The van der Waals surface area contributed by atoms with E-state index >= 15 is 0 Å². The molecule has 5 N–H and O–H groups in total. The zero-order chi connectivity index (χ0) is 52.7. The Balaban J connectivity index is 1.38. The molecule has 3 aliphatic rings. The van der Waals surface area contributed by atoms with Crippen LogP contribution in [0.5, 0.6) is 5.75 Å². The largest absolute Gasteiger partial charge is 0.494 e. The molecule has 1 unspecified atom stereocenters. The summed E-state index contributed by atoms with van der Waals surface area (Å²) in [6.45, 7) is 19.3. The molecule has 71 heavy (non-hydrogen) atoms. The van der Waals surface area contributed by atoms with Gasteiger partial charge in [0.25, 0.3) is 5.69 Å². The fourth-order valence-corrected chi connectivity index (χ4v) is 10.8. The van der Waals surface area contributed by atoms with Crippen molar-refractivity contribution in [2.75, 3.05) is 40.9 Å². The topological polar surface area (TPSA) is 263 Å². The zero-order valence-corrected chi connectivity index (χ0v) is 44.1. The summed E-state index contributed by atoms with van der Waals surface area (Å²) in [5.41, 5.74) is -3.81. The highest BCUT2D eigenvalue weighted by molar-refractivity contribution is 5.73. The van der Waals surface area contributed by atoms with Gasteiger partial charge in [0.15, 0.2) is 12.6 Å². The normalized spacial score (nSPS) is 39.4. The lowest BCUT2D eigenvalue weighted by molar-refractivity contribution is -0.384. The Hall–Kier alpha value is -3.45. The number of non-ortho nitro benzene ring substituents is 1. The third-order valence-corrected chi connectivity index (χ3v) is 15.3. The third-order valence-electron chi connectivity index (χ3n) is 15.3. The predicted molar refractivity (Wildman–Crippen MR) is 260 cm³/mol. The van der Waals surface area contributed by atoms with Crippen molar-refractivity contribution >= 4 is 11.7 Å². The van der Waals surface area contributed by atoms with Crippen LogP contribution in [-0.4, -0.2) is 192 Å². The van der Waals surface area contributed by atoms with Crippen molar-refractivity contribution in [3.63, 3.8) is 0 Å². The SMILES string of the molecule is CC[C@H]1OC(=O)[C@H](C)[C@@H](OC2C[C@@](C)(OC)[C@@H](O)[C@H](C)O2)[C@H](C)[C@@H](O[C@@H]2O[C@H](C)C[C@H](N(C)CCc3cn(CCCOc4ccc([N+](=O)[O-])cc4)nn3)[C@H]2O)[C@](C)(O)C[C@@H](C)CN(C)[C@H](C)[C@@H](O)[C@]1(C)O. The number of aliphatic hydroxyl groups excluding tert-OH is 3. The van der Waals surface area contributed by atoms with Crippen molar-refractivity contribution in [3.8, 4) is 5.75 Å². The van der Waals surface area contributed by atoms with E-state index in [0.29, 0.717) is 51.3 Å². The quantitative estimate of drug-likeness (QED) is 0.0698. The van der Waals surface area contributed by atoms with E-state index in [4.69, 9.17) is 33.2 Å². The van der Waals surface area contributed by atoms with Crippen molar-refractivity contribution in [2.24, 2.45) is 17.8 Å². The number of nitrogens with zero attached hydrogens (tertiary/aromatic N) is 6. The molecule has 3 fully saturated rings. The lowest BCUT2D eigenvalue weighted by Gasteiger charge is -2.49. The maximum absolute atomic E-state index is 14.5. The zero-order valence-electron chi connectivity index (χ0n) is 44.1. The van der Waals surface area contributed by atoms with E-state index in [1.54, 1.807) is 65.3 Å². The number of methoxy groups -OCH3 is 1. The van der Waals surface area contributed by atoms with Gasteiger partial charge in [0.2, 0.25) is 0 Å². The van der Waals surface area contributed by atoms with Gasteiger partial charge >= 0.3 is 5.97 Å². The van der Waals surface area contributed by atoms with Gasteiger partial charge in [-0.05, 0) is 99.9 Å². The van der Waals surface area contributed by atoms with Crippen molar-refractivity contribution in [1.29, 1.82) is 0 Å². The van der Waals surface area contributed by atoms with Crippen LogP contribution in [0.25, 0.3) is 0 Å². The number of carbonyl (C=O) groups is 1. The van der Waals surface area contributed by atoms with Gasteiger partial charge in [-0.25, -0.2) is 0 Å². The van der Waals surface area contributed by atoms with Gasteiger partial charge in [0.1, 0.15) is 35.8 Å². The van der Waals surface area contributed by atoms with Crippen molar-refractivity contribution in [3.05, 3.63) is 46.3 Å². The smallest absolute Gasteiger partial charge is 0.311 e.